The number of rotatable bonds is 33. The van der Waals surface area contributed by atoms with E-state index in [0.29, 0.717) is 117 Å². The number of hydrogen-bond acceptors (Lipinski definition) is 33. The van der Waals surface area contributed by atoms with Gasteiger partial charge in [0.15, 0.2) is 46.5 Å². The number of carbonyl (C=O) groups is 6. The van der Waals surface area contributed by atoms with Crippen LogP contribution in [0.4, 0.5) is 10.5 Å². The lowest BCUT2D eigenvalue weighted by atomic mass is 9.46. The maximum Gasteiger partial charge on any atom is 0.407 e. The van der Waals surface area contributed by atoms with Gasteiger partial charge >= 0.3 is 30.5 Å². The van der Waals surface area contributed by atoms with Crippen LogP contribution >= 0.6 is 21.6 Å². The number of unbranched alkanes of at least 4 members (excludes halogenated alkanes) is 1. The number of aromatic amines is 2. The molecule has 1 spiro atoms. The van der Waals surface area contributed by atoms with Crippen molar-refractivity contribution < 1.29 is 112 Å². The quantitative estimate of drug-likeness (QED) is 0.0158. The molecule has 3 saturated heterocycles. The Morgan fingerprint density at radius 1 is 0.817 bits per heavy atom. The summed E-state index contributed by atoms with van der Waals surface area (Å²) < 4.78 is 24.2. The fourth-order valence-electron chi connectivity index (χ4n) is 19.9. The van der Waals surface area contributed by atoms with Crippen molar-refractivity contribution in [2.24, 2.45) is 11.3 Å². The number of aliphatic hydroxyl groups excluding tert-OH is 4. The van der Waals surface area contributed by atoms with Crippen LogP contribution in [0.3, 0.4) is 0 Å². The number of likely N-dealkylation sites (N-methyl/N-ethyl adjacent to an activating group) is 1. The summed E-state index contributed by atoms with van der Waals surface area (Å²) in [6.07, 6.45) is 4.22. The predicted octanol–water partition coefficient (Wildman–Crippen LogP) is 3.90. The predicted molar refractivity (Wildman–Crippen MR) is 451 cm³/mol. The summed E-state index contributed by atoms with van der Waals surface area (Å²) in [6, 6.07) is 17.7. The average molecular weight is 1780 g/mol. The molecule has 1 aliphatic carbocycles. The monoisotopic (exact) mass is 1780 g/mol. The van der Waals surface area contributed by atoms with Crippen LogP contribution in [0.15, 0.2) is 90.1 Å². The maximum absolute atomic E-state index is 15.4. The number of benzene rings is 3. The van der Waals surface area contributed by atoms with Gasteiger partial charge in [-0.3, -0.25) is 28.9 Å². The number of aromatic nitrogens is 8. The SMILES string of the molecule is CC[C@]1(O)C[C@@H]2CC[C@](C)(c3cc4c(cc3OC)N(C)[C@H]3[C@@](O)(C(=O)CNC(=O)OCCSSCCCC(=O)[C@H](Cc5cn(CCOC6OC(C(=O)O)C(O)[C@H](O)[C@@H]6O)nn5)NC(=O)CCCCC(=O)c5ccc(CCc6cnc7nc(C)[nH]c(=O)c7n6)cc5)[C@H](O)[C@]5(CC)CC=CN6CC[C@]43[C@@H]65)c3[nH]c4ccccc4c3CCN(C2)C1.O=C=O.O=C=O.O=C=O. The first-order valence-corrected chi connectivity index (χ1v) is 44.5. The number of H-pyrrole nitrogens is 2. The number of para-hydroxylation sites is 1. The summed E-state index contributed by atoms with van der Waals surface area (Å²) in [5.41, 5.74) is 2.92. The van der Waals surface area contributed by atoms with Gasteiger partial charge in [-0.25, -0.2) is 29.2 Å². The molecule has 3 aromatic carbocycles. The van der Waals surface area contributed by atoms with E-state index in [9.17, 15) is 64.5 Å². The number of anilines is 1. The second-order valence-electron chi connectivity index (χ2n) is 33.2. The van der Waals surface area contributed by atoms with Gasteiger partial charge in [0.1, 0.15) is 36.5 Å². The van der Waals surface area contributed by atoms with Crippen molar-refractivity contribution in [3.05, 3.63) is 146 Å². The van der Waals surface area contributed by atoms with Crippen LogP contribution in [0.2, 0.25) is 0 Å². The lowest BCUT2D eigenvalue weighted by Gasteiger charge is -2.64. The van der Waals surface area contributed by atoms with Crippen LogP contribution in [0.25, 0.3) is 22.1 Å². The molecule has 37 nitrogen and oxygen atoms in total. The summed E-state index contributed by atoms with van der Waals surface area (Å²) in [7, 11) is 6.42. The minimum Gasteiger partial charge on any atom is -0.496 e. The Morgan fingerprint density at radius 2 is 1.55 bits per heavy atom. The standard InChI is InChI=1S/C84H107N13O18S2.3CO2/c1-7-81(110)42-50-26-29-80(4,71-55(27-32-95(45-50)47-81)54-15-9-10-16-58(54)91-71)57-40-56-60(41-63(57)112-6)94(5)77-83(56)30-33-96-31-14-28-82(8-2,76(83)96)78(108)84(77,111)64(100)44-86-79(109)114-36-38-117-116-37-13-18-62(99)59(39-53-46-97(93-92-53)34-35-113-75-69(104)67(102)68(103)70(115-75)74(106)107)90-65(101)19-12-11-17-61(98)51-23-20-49(21-24-51)22-25-52-43-85-72-66(89-52)73(105)88-48(3)87-72;3*2-1-3/h9-10,14-16,20-21,23-24,31,40-41,43,46,50,59,67-70,75-78,91,102-104,108,110-111H,7-8,11-13,17-19,22,25-30,32-39,42,44-45,47H2,1-6H3,(H,86,109)(H,90,101)(H,106,107)(H,85,87,88,105);;;/t50-,59-,67-,68?,69-,70?,75?,76-,77+,78+,80+,81-,82+,83+,84-;;;/m0.../s1. The van der Waals surface area contributed by atoms with Crippen molar-refractivity contribution in [2.45, 2.75) is 220 Å². The van der Waals surface area contributed by atoms with E-state index >= 15 is 4.79 Å². The van der Waals surface area contributed by atoms with Crippen LogP contribution in [-0.4, -0.2) is 277 Å². The topological polar surface area (TPSA) is 535 Å². The Hall–Kier alpha value is -10.6. The Balaban J connectivity index is 0.00000164. The van der Waals surface area contributed by atoms with Gasteiger partial charge in [-0.05, 0) is 138 Å². The second kappa shape index (κ2) is 42.3. The number of carboxylic acid groups (broad SMARTS) is 1. The van der Waals surface area contributed by atoms with Gasteiger partial charge in [-0.2, -0.15) is 28.8 Å². The van der Waals surface area contributed by atoms with Crippen LogP contribution in [0.1, 0.15) is 160 Å². The first kappa shape index (κ1) is 96.0. The van der Waals surface area contributed by atoms with Crippen LogP contribution in [0.5, 0.6) is 5.75 Å². The molecule has 126 heavy (non-hydrogen) atoms. The number of ketones is 3. The molecular weight excluding hydrogens is 1680 g/mol. The highest BCUT2D eigenvalue weighted by molar-refractivity contribution is 8.76. The van der Waals surface area contributed by atoms with E-state index in [0.717, 1.165) is 71.3 Å². The fourth-order valence-corrected chi connectivity index (χ4v) is 21.8. The molecule has 7 aliphatic rings. The Kier molecular flexibility index (Phi) is 32.3. The third-order valence-corrected chi connectivity index (χ3v) is 28.3. The van der Waals surface area contributed by atoms with Crippen LogP contribution in [0, 0.1) is 18.3 Å². The summed E-state index contributed by atoms with van der Waals surface area (Å²) >= 11 is 0. The second-order valence-corrected chi connectivity index (χ2v) is 35.9. The number of fused-ring (bicyclic) bond motifs is 7. The molecule has 16 atom stereocenters. The average Bonchev–Trinajstić information content (AvgIpc) is 1.47. The molecule has 4 unspecified atom stereocenters. The number of carboxylic acids is 1. The van der Waals surface area contributed by atoms with E-state index in [1.807, 2.05) is 37.1 Å². The number of aliphatic carboxylic acids is 1. The van der Waals surface area contributed by atoms with Crippen molar-refractivity contribution in [1.82, 2.24) is 60.3 Å². The number of methoxy groups -OCH3 is 1. The summed E-state index contributed by atoms with van der Waals surface area (Å²) in [4.78, 5) is 169. The zero-order chi connectivity index (χ0) is 91.0. The number of aryl methyl sites for hydroxylation is 3. The highest BCUT2D eigenvalue weighted by Gasteiger charge is 2.78. The van der Waals surface area contributed by atoms with Crippen molar-refractivity contribution in [3.63, 3.8) is 0 Å². The smallest absolute Gasteiger partial charge is 0.407 e. The number of hydrogen-bond donors (Lipinski definition) is 11. The van der Waals surface area contributed by atoms with Crippen LogP contribution in [-0.2, 0) is 105 Å². The first-order valence-electron chi connectivity index (χ1n) is 42.0. The normalized spacial score (nSPS) is 26.8. The highest BCUT2D eigenvalue weighted by atomic mass is 33.1. The van der Waals surface area contributed by atoms with Gasteiger partial charge in [0, 0.05) is 138 Å². The summed E-state index contributed by atoms with van der Waals surface area (Å²) in [5, 5.41) is 94.0. The number of ether oxygens (including phenoxy) is 4. The molecule has 14 rings (SSSR count). The minimum absolute atomic E-state index is 0.00146. The molecule has 6 aliphatic heterocycles. The van der Waals surface area contributed by atoms with Gasteiger partial charge < -0.3 is 85.1 Å². The number of nitrogens with zero attached hydrogens (tertiary/aromatic N) is 9. The highest BCUT2D eigenvalue weighted by Crippen LogP contribution is 2.68. The van der Waals surface area contributed by atoms with Gasteiger partial charge in [0.25, 0.3) is 5.56 Å². The van der Waals surface area contributed by atoms with E-state index in [4.69, 9.17) is 47.7 Å². The van der Waals surface area contributed by atoms with E-state index in [2.05, 4.69) is 112 Å². The molecule has 39 heteroatoms. The molecular formula is C87H107N13O24S2. The van der Waals surface area contributed by atoms with Crippen molar-refractivity contribution >= 4 is 103 Å². The molecule has 7 aromatic rings. The van der Waals surface area contributed by atoms with Crippen molar-refractivity contribution in [2.75, 3.05) is 76.5 Å². The zero-order valence-electron chi connectivity index (χ0n) is 70.9. The molecule has 11 N–H and O–H groups in total. The van der Waals surface area contributed by atoms with E-state index in [1.54, 1.807) is 32.4 Å². The molecule has 2 bridgehead atoms. The number of nitrogens with one attached hydrogen (secondary N) is 4. The number of Topliss-reactive ketones (excluding diaryl/α,β-unsaturated/α-hetero) is 3. The number of aliphatic hydroxyl groups is 6. The van der Waals surface area contributed by atoms with Gasteiger partial charge in [0.2, 0.25) is 5.91 Å². The van der Waals surface area contributed by atoms with Gasteiger partial charge in [-0.15, -0.1) is 5.10 Å². The van der Waals surface area contributed by atoms with E-state index in [-0.39, 0.29) is 104 Å². The third-order valence-electron chi connectivity index (χ3n) is 25.8. The first-order chi connectivity index (χ1) is 60.4. The number of carbonyl (C=O) groups excluding carboxylic acids is 11. The van der Waals surface area contributed by atoms with Gasteiger partial charge in [-0.1, -0.05) is 89.2 Å². The Morgan fingerprint density at radius 3 is 2.27 bits per heavy atom. The lowest BCUT2D eigenvalue weighted by Crippen LogP contribution is -2.81. The summed E-state index contributed by atoms with van der Waals surface area (Å²) in [6.45, 7) is 10.1. The van der Waals surface area contributed by atoms with Crippen LogP contribution < -0.4 is 25.8 Å². The molecule has 0 radical (unpaired) electrons. The number of alkyl carbamates (subject to hydrolysis) is 1. The Labute approximate surface area is 732 Å². The van der Waals surface area contributed by atoms with E-state index in [1.165, 1.54) is 38.0 Å². The molecule has 1 saturated carbocycles. The number of amides is 2. The number of allylic oxidation sites excluding steroid dienone is 1. The molecule has 4 fully saturated rings. The Bertz CT molecular complexity index is 5240. The van der Waals surface area contributed by atoms with Crippen molar-refractivity contribution in [1.29, 1.82) is 0 Å². The summed E-state index contributed by atoms with van der Waals surface area (Å²) in [5.74, 6) is -0.929. The maximum atomic E-state index is 15.4. The van der Waals surface area contributed by atoms with Crippen molar-refractivity contribution in [3.8, 4) is 5.75 Å². The number of piperidine rings is 1. The lowest BCUT2D eigenvalue weighted by molar-refractivity contribution is -0.294. The fraction of sp³-hybridized carbons (Fsp3) is 0.552. The van der Waals surface area contributed by atoms with Gasteiger partial charge in [0.05, 0.1) is 68.2 Å². The molecule has 4 aromatic heterocycles. The molecule has 10 heterocycles. The minimum atomic E-state index is -2.40. The largest absolute Gasteiger partial charge is 0.496 e. The zero-order valence-corrected chi connectivity index (χ0v) is 72.5. The molecule has 676 valence electrons. The third kappa shape index (κ3) is 20.5. The van der Waals surface area contributed by atoms with E-state index < -0.39 is 107 Å². The molecule has 2 amide bonds.